The second-order valence-corrected chi connectivity index (χ2v) is 7.97. The van der Waals surface area contributed by atoms with Gasteiger partial charge in [-0.2, -0.15) is 10.2 Å². The van der Waals surface area contributed by atoms with Crippen LogP contribution in [0, 0.1) is 37.9 Å². The highest BCUT2D eigenvalue weighted by Crippen LogP contribution is 2.41. The number of aliphatic hydroxyl groups is 1. The van der Waals surface area contributed by atoms with E-state index in [-0.39, 0.29) is 17.7 Å². The molecule has 0 aliphatic rings. The molecule has 2 aromatic carbocycles. The van der Waals surface area contributed by atoms with Crippen LogP contribution in [-0.4, -0.2) is 15.1 Å². The molecule has 31 heavy (non-hydrogen) atoms. The van der Waals surface area contributed by atoms with Gasteiger partial charge in [-0.05, 0) is 68.9 Å². The molecule has 0 amide bonds. The zero-order valence-electron chi connectivity index (χ0n) is 18.7. The van der Waals surface area contributed by atoms with Gasteiger partial charge < -0.3 is 10.1 Å². The van der Waals surface area contributed by atoms with Crippen molar-refractivity contribution in [3.8, 4) is 17.2 Å². The van der Waals surface area contributed by atoms with Crippen LogP contribution in [0.15, 0.2) is 22.5 Å². The van der Waals surface area contributed by atoms with Crippen LogP contribution in [0.1, 0.15) is 54.3 Å². The smallest absolute Gasteiger partial charge is 0.345 e. The van der Waals surface area contributed by atoms with E-state index in [0.717, 1.165) is 16.7 Å². The molecule has 3 rings (SSSR count). The maximum Gasteiger partial charge on any atom is 0.345 e. The number of aromatic nitrogens is 2. The molecule has 0 saturated carbocycles. The van der Waals surface area contributed by atoms with Gasteiger partial charge in [0.2, 0.25) is 0 Å². The minimum absolute atomic E-state index is 0.0719. The molecule has 0 atom stereocenters. The minimum Gasteiger partial charge on any atom is -0.392 e. The number of benzene rings is 2. The number of fused-ring (bicyclic) bond motifs is 1. The molecule has 3 aromatic rings. The topological polar surface area (TPSA) is 89.8 Å². The Labute approximate surface area is 180 Å². The zero-order chi connectivity index (χ0) is 23.0. The Bertz CT molecular complexity index is 1340. The lowest BCUT2D eigenvalue weighted by Crippen LogP contribution is -2.15. The highest BCUT2D eigenvalue weighted by molar-refractivity contribution is 5.97. The van der Waals surface area contributed by atoms with Gasteiger partial charge in [0.1, 0.15) is 5.52 Å². The summed E-state index contributed by atoms with van der Waals surface area (Å²) in [7, 11) is 0. The highest BCUT2D eigenvalue weighted by atomic mass is 19.1. The number of nitrogens with zero attached hydrogens (tertiary/aromatic N) is 2. The van der Waals surface area contributed by atoms with E-state index < -0.39 is 11.5 Å². The van der Waals surface area contributed by atoms with Crippen molar-refractivity contribution in [1.29, 1.82) is 5.26 Å². The van der Waals surface area contributed by atoms with Crippen molar-refractivity contribution in [2.75, 3.05) is 0 Å². The van der Waals surface area contributed by atoms with Crippen LogP contribution in [0.25, 0.3) is 27.6 Å². The summed E-state index contributed by atoms with van der Waals surface area (Å²) < 4.78 is 16.1. The molecule has 0 saturated heterocycles. The van der Waals surface area contributed by atoms with Gasteiger partial charge in [0.05, 0.1) is 18.2 Å². The average Bonchev–Trinajstić information content (AvgIpc) is 2.72. The molecule has 6 heteroatoms. The Morgan fingerprint density at radius 3 is 2.45 bits per heavy atom. The molecular weight excluding hydrogens is 393 g/mol. The molecule has 1 heterocycles. The molecule has 0 bridgehead atoms. The fourth-order valence-electron chi connectivity index (χ4n) is 4.28. The first kappa shape index (κ1) is 22.4. The van der Waals surface area contributed by atoms with E-state index in [1.807, 2.05) is 46.8 Å². The van der Waals surface area contributed by atoms with Crippen LogP contribution in [0.2, 0.25) is 0 Å². The second kappa shape index (κ2) is 8.44. The van der Waals surface area contributed by atoms with Crippen molar-refractivity contribution in [1.82, 2.24) is 9.97 Å². The number of nitriles is 1. The molecule has 160 valence electrons. The first-order chi connectivity index (χ1) is 14.7. The number of aliphatic hydroxyl groups excluding tert-OH is 1. The Morgan fingerprint density at radius 2 is 1.90 bits per heavy atom. The molecule has 5 nitrogen and oxygen atoms in total. The van der Waals surface area contributed by atoms with Gasteiger partial charge in [0.25, 0.3) is 0 Å². The maximum absolute atomic E-state index is 16.1. The van der Waals surface area contributed by atoms with Gasteiger partial charge in [-0.15, -0.1) is 0 Å². The molecule has 0 aliphatic heterocycles. The van der Waals surface area contributed by atoms with Crippen molar-refractivity contribution in [3.63, 3.8) is 0 Å². The van der Waals surface area contributed by atoms with Gasteiger partial charge in [0, 0.05) is 22.2 Å². The summed E-state index contributed by atoms with van der Waals surface area (Å²) in [5.74, 6) is -0.617. The van der Waals surface area contributed by atoms with Gasteiger partial charge in [-0.3, -0.25) is 0 Å². The van der Waals surface area contributed by atoms with Gasteiger partial charge >= 0.3 is 5.69 Å². The summed E-state index contributed by atoms with van der Waals surface area (Å²) in [6, 6.07) is 5.98. The van der Waals surface area contributed by atoms with Gasteiger partial charge in [-0.25, -0.2) is 9.18 Å². The maximum atomic E-state index is 16.1. The number of nitrogens with one attached hydrogen (secondary N) is 1. The first-order valence-corrected chi connectivity index (χ1v) is 10.2. The fraction of sp³-hybridized carbons (Fsp3) is 0.320. The Balaban J connectivity index is 2.64. The Morgan fingerprint density at radius 1 is 1.23 bits per heavy atom. The lowest BCUT2D eigenvalue weighted by atomic mass is 9.83. The lowest BCUT2D eigenvalue weighted by Gasteiger charge is -2.22. The standard InChI is InChI=1S/C25H26FN3O2/c1-7-16-19(11-30)21-15(6)28-25(31)29-24(21)23(26)22(16)17-9-8-13(4)14(5)20(17)18(10-27)12(2)3/h8-9,30H,7,11H2,1-6H3,(H,28,29,31). The molecular formula is C25H26FN3O2. The Kier molecular flexibility index (Phi) is 6.10. The predicted molar refractivity (Wildman–Crippen MR) is 121 cm³/mol. The van der Waals surface area contributed by atoms with Crippen molar-refractivity contribution in [2.45, 2.75) is 54.6 Å². The minimum atomic E-state index is -0.648. The number of aromatic amines is 1. The summed E-state index contributed by atoms with van der Waals surface area (Å²) in [5.41, 5.74) is 5.61. The number of allylic oxidation sites excluding steroid dienone is 2. The number of hydrogen-bond acceptors (Lipinski definition) is 4. The number of halogens is 1. The number of aryl methyl sites for hydroxylation is 2. The molecule has 0 aliphatic carbocycles. The normalized spacial score (nSPS) is 10.9. The SMILES string of the molecule is CCc1c(-c2ccc(C)c(C)c2C(C#N)=C(C)C)c(F)c2nc(=O)[nH]c(C)c2c1CO. The lowest BCUT2D eigenvalue weighted by molar-refractivity contribution is 0.282. The summed E-state index contributed by atoms with van der Waals surface area (Å²) in [6.45, 7) is 10.8. The summed E-state index contributed by atoms with van der Waals surface area (Å²) >= 11 is 0. The van der Waals surface area contributed by atoms with Crippen molar-refractivity contribution < 1.29 is 9.50 Å². The fourth-order valence-corrected chi connectivity index (χ4v) is 4.28. The quantitative estimate of drug-likeness (QED) is 0.581. The number of H-pyrrole nitrogens is 1. The van der Waals surface area contributed by atoms with Crippen molar-refractivity contribution in [3.05, 3.63) is 67.5 Å². The highest BCUT2D eigenvalue weighted by Gasteiger charge is 2.26. The van der Waals surface area contributed by atoms with Crippen LogP contribution in [0.4, 0.5) is 4.39 Å². The average molecular weight is 420 g/mol. The third-order valence-electron chi connectivity index (χ3n) is 5.89. The van der Waals surface area contributed by atoms with Crippen LogP contribution in [0.3, 0.4) is 0 Å². The van der Waals surface area contributed by atoms with Crippen LogP contribution in [0.5, 0.6) is 0 Å². The molecule has 0 fully saturated rings. The van der Waals surface area contributed by atoms with Crippen molar-refractivity contribution >= 4 is 16.5 Å². The third kappa shape index (κ3) is 3.55. The largest absolute Gasteiger partial charge is 0.392 e. The third-order valence-corrected chi connectivity index (χ3v) is 5.89. The van der Waals surface area contributed by atoms with E-state index in [1.54, 1.807) is 6.92 Å². The second-order valence-electron chi connectivity index (χ2n) is 7.97. The monoisotopic (exact) mass is 419 g/mol. The molecule has 0 unspecified atom stereocenters. The van der Waals surface area contributed by atoms with Gasteiger partial charge in [-0.1, -0.05) is 24.6 Å². The molecule has 2 N–H and O–H groups in total. The number of hydrogen-bond donors (Lipinski definition) is 2. The van der Waals surface area contributed by atoms with E-state index >= 15 is 4.39 Å². The summed E-state index contributed by atoms with van der Waals surface area (Å²) in [5, 5.41) is 20.5. The number of rotatable bonds is 4. The first-order valence-electron chi connectivity index (χ1n) is 10.2. The molecule has 0 spiro atoms. The van der Waals surface area contributed by atoms with Crippen LogP contribution in [-0.2, 0) is 13.0 Å². The van der Waals surface area contributed by atoms with E-state index in [9.17, 15) is 15.2 Å². The molecule has 0 radical (unpaired) electrons. The predicted octanol–water partition coefficient (Wildman–Crippen LogP) is 5.03. The zero-order valence-corrected chi connectivity index (χ0v) is 18.7. The van der Waals surface area contributed by atoms with E-state index in [1.165, 1.54) is 0 Å². The summed E-state index contributed by atoms with van der Waals surface area (Å²) in [6.07, 6.45) is 0.458. The van der Waals surface area contributed by atoms with Crippen molar-refractivity contribution in [2.24, 2.45) is 0 Å². The van der Waals surface area contributed by atoms with E-state index in [2.05, 4.69) is 16.0 Å². The van der Waals surface area contributed by atoms with Gasteiger partial charge in [0.15, 0.2) is 5.82 Å². The molecule has 1 aromatic heterocycles. The Hall–Kier alpha value is -3.30. The van der Waals surface area contributed by atoms with Crippen LogP contribution >= 0.6 is 0 Å². The van der Waals surface area contributed by atoms with E-state index in [4.69, 9.17) is 0 Å². The van der Waals surface area contributed by atoms with Crippen LogP contribution < -0.4 is 5.69 Å². The summed E-state index contributed by atoms with van der Waals surface area (Å²) in [4.78, 5) is 18.5. The van der Waals surface area contributed by atoms with E-state index in [0.29, 0.717) is 45.3 Å².